The third kappa shape index (κ3) is 2.46. The van der Waals surface area contributed by atoms with Crippen LogP contribution in [-0.4, -0.2) is 39.5 Å². The van der Waals surface area contributed by atoms with Gasteiger partial charge >= 0.3 is 0 Å². The lowest BCUT2D eigenvalue weighted by molar-refractivity contribution is -0.132. The zero-order valence-corrected chi connectivity index (χ0v) is 13.1. The van der Waals surface area contributed by atoms with E-state index in [1.807, 2.05) is 18.2 Å². The van der Waals surface area contributed by atoms with Crippen molar-refractivity contribution in [1.82, 2.24) is 14.5 Å². The molecular formula is C17H18N4O3. The number of nitrogens with zero attached hydrogens (tertiary/aromatic N) is 3. The Kier molecular flexibility index (Phi) is 3.57. The molecule has 7 heteroatoms. The summed E-state index contributed by atoms with van der Waals surface area (Å²) < 4.78 is 6.93. The van der Waals surface area contributed by atoms with Crippen molar-refractivity contribution in [2.75, 3.05) is 13.1 Å². The number of amides is 1. The monoisotopic (exact) mass is 326 g/mol. The van der Waals surface area contributed by atoms with Crippen molar-refractivity contribution in [3.8, 4) is 0 Å². The van der Waals surface area contributed by atoms with Gasteiger partial charge in [-0.1, -0.05) is 12.1 Å². The van der Waals surface area contributed by atoms with Gasteiger partial charge in [0.2, 0.25) is 11.5 Å². The van der Waals surface area contributed by atoms with Gasteiger partial charge in [-0.25, -0.2) is 4.98 Å². The molecule has 0 saturated carbocycles. The molecule has 1 aliphatic heterocycles. The molecule has 4 rings (SSSR count). The van der Waals surface area contributed by atoms with Crippen LogP contribution in [0.3, 0.4) is 0 Å². The third-order valence-corrected chi connectivity index (χ3v) is 4.55. The van der Waals surface area contributed by atoms with Crippen LogP contribution in [0.1, 0.15) is 12.8 Å². The van der Waals surface area contributed by atoms with Gasteiger partial charge in [0.25, 0.3) is 5.56 Å². The summed E-state index contributed by atoms with van der Waals surface area (Å²) in [6.07, 6.45) is 3.00. The van der Waals surface area contributed by atoms with E-state index >= 15 is 0 Å². The smallest absolute Gasteiger partial charge is 0.297 e. The van der Waals surface area contributed by atoms with Crippen LogP contribution in [0.4, 0.5) is 0 Å². The fourth-order valence-corrected chi connectivity index (χ4v) is 3.12. The lowest BCUT2D eigenvalue weighted by atomic mass is 10.1. The molecule has 1 saturated heterocycles. The average molecular weight is 326 g/mol. The number of nitrogens with two attached hydrogens (primary N) is 1. The van der Waals surface area contributed by atoms with Crippen molar-refractivity contribution in [1.29, 1.82) is 0 Å². The van der Waals surface area contributed by atoms with Gasteiger partial charge in [-0.3, -0.25) is 14.2 Å². The second kappa shape index (κ2) is 5.76. The van der Waals surface area contributed by atoms with Crippen LogP contribution in [0.15, 0.2) is 39.8 Å². The number of hydrogen-bond acceptors (Lipinski definition) is 5. The minimum absolute atomic E-state index is 0.0337. The summed E-state index contributed by atoms with van der Waals surface area (Å²) in [6.45, 7) is 1.23. The molecule has 3 heterocycles. The number of likely N-dealkylation sites (tertiary alicyclic amines) is 1. The Hall–Kier alpha value is -2.67. The van der Waals surface area contributed by atoms with Gasteiger partial charge in [-0.2, -0.15) is 0 Å². The molecule has 0 bridgehead atoms. The van der Waals surface area contributed by atoms with E-state index in [0.717, 1.165) is 18.2 Å². The van der Waals surface area contributed by atoms with E-state index in [-0.39, 0.29) is 29.6 Å². The number of para-hydroxylation sites is 1. The van der Waals surface area contributed by atoms with E-state index < -0.39 is 0 Å². The minimum Gasteiger partial charge on any atom is -0.448 e. The Morgan fingerprint density at radius 1 is 1.29 bits per heavy atom. The SMILES string of the molecule is NC1CCN(C(=O)Cn2cnc3c(oc4ccccc43)c2=O)CC1. The molecule has 0 aliphatic carbocycles. The van der Waals surface area contributed by atoms with E-state index in [0.29, 0.717) is 24.2 Å². The van der Waals surface area contributed by atoms with Crippen molar-refractivity contribution in [3.63, 3.8) is 0 Å². The first kappa shape index (κ1) is 14.9. The van der Waals surface area contributed by atoms with Crippen LogP contribution in [0.2, 0.25) is 0 Å². The Morgan fingerprint density at radius 2 is 2.04 bits per heavy atom. The predicted octanol–water partition coefficient (Wildman–Crippen LogP) is 1.09. The number of piperidine rings is 1. The van der Waals surface area contributed by atoms with E-state index in [9.17, 15) is 9.59 Å². The highest BCUT2D eigenvalue weighted by atomic mass is 16.3. The van der Waals surface area contributed by atoms with Crippen molar-refractivity contribution in [2.24, 2.45) is 5.73 Å². The number of fused-ring (bicyclic) bond motifs is 3. The molecule has 1 fully saturated rings. The highest BCUT2D eigenvalue weighted by molar-refractivity contribution is 6.01. The Labute approximate surface area is 137 Å². The molecule has 24 heavy (non-hydrogen) atoms. The quantitative estimate of drug-likeness (QED) is 0.761. The molecule has 2 N–H and O–H groups in total. The first-order chi connectivity index (χ1) is 11.6. The van der Waals surface area contributed by atoms with Gasteiger partial charge < -0.3 is 15.1 Å². The fourth-order valence-electron chi connectivity index (χ4n) is 3.12. The van der Waals surface area contributed by atoms with E-state index in [2.05, 4.69) is 4.98 Å². The van der Waals surface area contributed by atoms with Crippen molar-refractivity contribution in [2.45, 2.75) is 25.4 Å². The van der Waals surface area contributed by atoms with Crippen LogP contribution in [0.5, 0.6) is 0 Å². The molecule has 0 radical (unpaired) electrons. The van der Waals surface area contributed by atoms with E-state index in [4.69, 9.17) is 10.2 Å². The molecule has 124 valence electrons. The van der Waals surface area contributed by atoms with Gasteiger partial charge in [0.05, 0.1) is 6.33 Å². The van der Waals surface area contributed by atoms with Gasteiger partial charge in [-0.05, 0) is 25.0 Å². The first-order valence-electron chi connectivity index (χ1n) is 8.03. The second-order valence-electron chi connectivity index (χ2n) is 6.17. The van der Waals surface area contributed by atoms with Gasteiger partial charge in [0.15, 0.2) is 0 Å². The Bertz CT molecular complexity index is 967. The maximum atomic E-state index is 12.6. The number of carbonyl (C=O) groups excluding carboxylic acids is 1. The van der Waals surface area contributed by atoms with Crippen molar-refractivity contribution >= 4 is 28.0 Å². The lowest BCUT2D eigenvalue weighted by Crippen LogP contribution is -2.44. The molecular weight excluding hydrogens is 308 g/mol. The second-order valence-corrected chi connectivity index (χ2v) is 6.17. The molecule has 1 aliphatic rings. The molecule has 7 nitrogen and oxygen atoms in total. The summed E-state index contributed by atoms with van der Waals surface area (Å²) in [4.78, 5) is 31.1. The van der Waals surface area contributed by atoms with Gasteiger partial charge in [0.1, 0.15) is 17.6 Å². The van der Waals surface area contributed by atoms with Crippen molar-refractivity contribution < 1.29 is 9.21 Å². The number of hydrogen-bond donors (Lipinski definition) is 1. The molecule has 1 amide bonds. The predicted molar refractivity (Wildman–Crippen MR) is 89.6 cm³/mol. The van der Waals surface area contributed by atoms with Crippen LogP contribution in [0.25, 0.3) is 22.1 Å². The van der Waals surface area contributed by atoms with Crippen molar-refractivity contribution in [3.05, 3.63) is 40.9 Å². The topological polar surface area (TPSA) is 94.4 Å². The first-order valence-corrected chi connectivity index (χ1v) is 8.03. The number of aromatic nitrogens is 2. The highest BCUT2D eigenvalue weighted by Gasteiger charge is 2.22. The zero-order chi connectivity index (χ0) is 16.7. The van der Waals surface area contributed by atoms with E-state index in [1.54, 1.807) is 11.0 Å². The molecule has 0 spiro atoms. The highest BCUT2D eigenvalue weighted by Crippen LogP contribution is 2.24. The van der Waals surface area contributed by atoms with Gasteiger partial charge in [0, 0.05) is 24.5 Å². The summed E-state index contributed by atoms with van der Waals surface area (Å²) in [5, 5.41) is 0.799. The number of benzene rings is 1. The summed E-state index contributed by atoms with van der Waals surface area (Å²) >= 11 is 0. The Morgan fingerprint density at radius 3 is 2.83 bits per heavy atom. The minimum atomic E-state index is -0.335. The molecule has 1 aromatic carbocycles. The maximum Gasteiger partial charge on any atom is 0.297 e. The van der Waals surface area contributed by atoms with E-state index in [1.165, 1.54) is 10.9 Å². The standard InChI is InChI=1S/C17H18N4O3/c18-11-5-7-20(8-6-11)14(22)9-21-10-19-15-12-3-1-2-4-13(12)24-16(15)17(21)23/h1-4,10-11H,5-9,18H2. The summed E-state index contributed by atoms with van der Waals surface area (Å²) in [7, 11) is 0. The molecule has 2 aromatic heterocycles. The average Bonchev–Trinajstić information content (AvgIpc) is 2.97. The molecule has 0 atom stereocenters. The third-order valence-electron chi connectivity index (χ3n) is 4.55. The number of rotatable bonds is 2. The summed E-state index contributed by atoms with van der Waals surface area (Å²) in [5.41, 5.74) is 6.86. The molecule has 3 aromatic rings. The van der Waals surface area contributed by atoms with Gasteiger partial charge in [-0.15, -0.1) is 0 Å². The van der Waals surface area contributed by atoms with Crippen LogP contribution >= 0.6 is 0 Å². The summed E-state index contributed by atoms with van der Waals surface area (Å²) in [6, 6.07) is 7.52. The maximum absolute atomic E-state index is 12.6. The zero-order valence-electron chi connectivity index (χ0n) is 13.1. The van der Waals surface area contributed by atoms with Crippen LogP contribution in [-0.2, 0) is 11.3 Å². The number of carbonyl (C=O) groups is 1. The largest absolute Gasteiger partial charge is 0.448 e. The Balaban J connectivity index is 1.65. The van der Waals surface area contributed by atoms with Crippen LogP contribution < -0.4 is 11.3 Å². The lowest BCUT2D eigenvalue weighted by Gasteiger charge is -2.30. The fraction of sp³-hybridized carbons (Fsp3) is 0.353. The normalized spacial score (nSPS) is 16.1. The summed E-state index contributed by atoms with van der Waals surface area (Å²) in [5.74, 6) is -0.0961. The molecule has 0 unspecified atom stereocenters. The number of furan rings is 1. The van der Waals surface area contributed by atoms with Crippen LogP contribution in [0, 0.1) is 0 Å².